The lowest BCUT2D eigenvalue weighted by Crippen LogP contribution is -2.18. The summed E-state index contributed by atoms with van der Waals surface area (Å²) in [6, 6.07) is 13.5. The highest BCUT2D eigenvalue weighted by molar-refractivity contribution is 8.00. The topological polar surface area (TPSA) is 58.2 Å². The first-order chi connectivity index (χ1) is 11.6. The highest BCUT2D eigenvalue weighted by atomic mass is 32.2. The van der Waals surface area contributed by atoms with Gasteiger partial charge in [-0.2, -0.15) is 0 Å². The fraction of sp³-hybridized carbons (Fsp3) is 0.176. The first-order valence-electron chi connectivity index (χ1n) is 7.14. The van der Waals surface area contributed by atoms with E-state index in [1.165, 1.54) is 23.9 Å². The molecular weight excluding hydrogens is 347 g/mol. The van der Waals surface area contributed by atoms with Crippen molar-refractivity contribution >= 4 is 46.7 Å². The number of rotatable bonds is 7. The predicted molar refractivity (Wildman–Crippen MR) is 99.2 cm³/mol. The summed E-state index contributed by atoms with van der Waals surface area (Å²) in [6.07, 6.45) is 1.98. The standard InChI is InChI=1S/C17H17FN2O2S2/c1-23-13-8-6-12(7-9-13)19-16(21)10-24-11-17(22)20-15-5-3-2-4-14(15)18/h2-9H,10-11H2,1H3,(H,19,21)(H,20,22). The second-order valence-electron chi connectivity index (χ2n) is 4.80. The van der Waals surface area contributed by atoms with Crippen molar-refractivity contribution in [3.8, 4) is 0 Å². The van der Waals surface area contributed by atoms with E-state index in [1.54, 1.807) is 23.9 Å². The molecule has 0 bridgehead atoms. The number of thioether (sulfide) groups is 2. The van der Waals surface area contributed by atoms with Crippen molar-refractivity contribution in [2.45, 2.75) is 4.90 Å². The Morgan fingerprint density at radius 3 is 2.21 bits per heavy atom. The van der Waals surface area contributed by atoms with Crippen molar-refractivity contribution in [2.24, 2.45) is 0 Å². The van der Waals surface area contributed by atoms with Crippen LogP contribution in [0.1, 0.15) is 0 Å². The molecule has 0 saturated heterocycles. The van der Waals surface area contributed by atoms with Crippen LogP contribution in [0, 0.1) is 5.82 Å². The molecule has 0 aromatic heterocycles. The highest BCUT2D eigenvalue weighted by Crippen LogP contribution is 2.18. The van der Waals surface area contributed by atoms with E-state index in [-0.39, 0.29) is 29.0 Å². The number of anilines is 2. The Morgan fingerprint density at radius 1 is 0.958 bits per heavy atom. The molecule has 0 spiro atoms. The van der Waals surface area contributed by atoms with Gasteiger partial charge < -0.3 is 10.6 Å². The lowest BCUT2D eigenvalue weighted by Gasteiger charge is -2.07. The Morgan fingerprint density at radius 2 is 1.58 bits per heavy atom. The third kappa shape index (κ3) is 5.90. The van der Waals surface area contributed by atoms with Crippen molar-refractivity contribution in [1.29, 1.82) is 0 Å². The van der Waals surface area contributed by atoms with E-state index >= 15 is 0 Å². The number of nitrogens with one attached hydrogen (secondary N) is 2. The molecule has 0 saturated carbocycles. The summed E-state index contributed by atoms with van der Waals surface area (Å²) in [5.41, 5.74) is 0.857. The largest absolute Gasteiger partial charge is 0.325 e. The maximum atomic E-state index is 13.4. The maximum Gasteiger partial charge on any atom is 0.234 e. The van der Waals surface area contributed by atoms with E-state index in [1.807, 2.05) is 30.5 Å². The van der Waals surface area contributed by atoms with Gasteiger partial charge in [-0.1, -0.05) is 12.1 Å². The second-order valence-corrected chi connectivity index (χ2v) is 6.66. The molecule has 2 amide bonds. The van der Waals surface area contributed by atoms with Gasteiger partial charge in [0.2, 0.25) is 11.8 Å². The van der Waals surface area contributed by atoms with Gasteiger partial charge in [-0.25, -0.2) is 4.39 Å². The average molecular weight is 364 g/mol. The van der Waals surface area contributed by atoms with E-state index in [4.69, 9.17) is 0 Å². The van der Waals surface area contributed by atoms with Crippen LogP contribution in [0.15, 0.2) is 53.4 Å². The van der Waals surface area contributed by atoms with Gasteiger partial charge in [-0.15, -0.1) is 23.5 Å². The summed E-state index contributed by atoms with van der Waals surface area (Å²) >= 11 is 2.80. The minimum atomic E-state index is -0.484. The molecule has 0 aliphatic heterocycles. The number of hydrogen-bond donors (Lipinski definition) is 2. The van der Waals surface area contributed by atoms with Gasteiger partial charge in [0, 0.05) is 10.6 Å². The van der Waals surface area contributed by atoms with Gasteiger partial charge in [0.05, 0.1) is 17.2 Å². The third-order valence-electron chi connectivity index (χ3n) is 2.99. The molecule has 2 aromatic rings. The summed E-state index contributed by atoms with van der Waals surface area (Å²) in [5.74, 6) is -0.789. The van der Waals surface area contributed by atoms with Gasteiger partial charge in [0.25, 0.3) is 0 Å². The fourth-order valence-corrected chi connectivity index (χ4v) is 2.88. The Hall–Kier alpha value is -1.99. The molecule has 2 N–H and O–H groups in total. The van der Waals surface area contributed by atoms with Gasteiger partial charge in [-0.3, -0.25) is 9.59 Å². The molecule has 7 heteroatoms. The van der Waals surface area contributed by atoms with Crippen LogP contribution < -0.4 is 10.6 Å². The second kappa shape index (κ2) is 9.34. The Labute approximate surface area is 148 Å². The van der Waals surface area contributed by atoms with E-state index in [0.717, 1.165) is 4.90 Å². The first-order valence-corrected chi connectivity index (χ1v) is 9.52. The van der Waals surface area contributed by atoms with E-state index in [2.05, 4.69) is 10.6 Å². The number of benzene rings is 2. The zero-order valence-corrected chi connectivity index (χ0v) is 14.7. The SMILES string of the molecule is CSc1ccc(NC(=O)CSCC(=O)Nc2ccccc2F)cc1. The first kappa shape index (κ1) is 18.4. The highest BCUT2D eigenvalue weighted by Gasteiger charge is 2.08. The van der Waals surface area contributed by atoms with Gasteiger partial charge >= 0.3 is 0 Å². The molecule has 2 aromatic carbocycles. The number of carbonyl (C=O) groups is 2. The van der Waals surface area contributed by atoms with Crippen LogP contribution in [0.5, 0.6) is 0 Å². The summed E-state index contributed by atoms with van der Waals surface area (Å²) in [4.78, 5) is 24.7. The normalized spacial score (nSPS) is 10.2. The lowest BCUT2D eigenvalue weighted by molar-refractivity contribution is -0.114. The number of hydrogen-bond acceptors (Lipinski definition) is 4. The van der Waals surface area contributed by atoms with Gasteiger partial charge in [-0.05, 0) is 42.7 Å². The zero-order chi connectivity index (χ0) is 17.4. The minimum Gasteiger partial charge on any atom is -0.325 e. The van der Waals surface area contributed by atoms with Crippen LogP contribution in [0.4, 0.5) is 15.8 Å². The van der Waals surface area contributed by atoms with Crippen LogP contribution in [0.3, 0.4) is 0 Å². The lowest BCUT2D eigenvalue weighted by atomic mass is 10.3. The third-order valence-corrected chi connectivity index (χ3v) is 4.66. The molecule has 2 rings (SSSR count). The number of halogens is 1. The van der Waals surface area contributed by atoms with Crippen LogP contribution in [0.2, 0.25) is 0 Å². The molecule has 0 aliphatic carbocycles. The number of para-hydroxylation sites is 1. The molecule has 0 atom stereocenters. The van der Waals surface area contributed by atoms with Crippen molar-refractivity contribution in [1.82, 2.24) is 0 Å². The molecule has 24 heavy (non-hydrogen) atoms. The summed E-state index contributed by atoms with van der Waals surface area (Å²) < 4.78 is 13.4. The van der Waals surface area contributed by atoms with Crippen molar-refractivity contribution in [2.75, 3.05) is 28.4 Å². The molecule has 0 unspecified atom stereocenters. The molecule has 0 fully saturated rings. The molecule has 0 aliphatic rings. The monoisotopic (exact) mass is 364 g/mol. The number of carbonyl (C=O) groups excluding carboxylic acids is 2. The van der Waals surface area contributed by atoms with Crippen molar-refractivity contribution < 1.29 is 14.0 Å². The van der Waals surface area contributed by atoms with Gasteiger partial charge in [0.15, 0.2) is 0 Å². The molecular formula is C17H17FN2O2S2. The number of amides is 2. The predicted octanol–water partition coefficient (Wildman–Crippen LogP) is 3.86. The van der Waals surface area contributed by atoms with Crippen LogP contribution in [0.25, 0.3) is 0 Å². The molecule has 0 heterocycles. The average Bonchev–Trinajstić information content (AvgIpc) is 2.57. The van der Waals surface area contributed by atoms with E-state index < -0.39 is 5.82 Å². The maximum absolute atomic E-state index is 13.4. The minimum absolute atomic E-state index is 0.0766. The van der Waals surface area contributed by atoms with E-state index in [0.29, 0.717) is 5.69 Å². The summed E-state index contributed by atoms with van der Waals surface area (Å²) in [5, 5.41) is 5.24. The van der Waals surface area contributed by atoms with Gasteiger partial charge in [0.1, 0.15) is 5.82 Å². The van der Waals surface area contributed by atoms with Crippen LogP contribution in [-0.4, -0.2) is 29.6 Å². The molecule has 4 nitrogen and oxygen atoms in total. The Kier molecular flexibility index (Phi) is 7.14. The summed E-state index contributed by atoms with van der Waals surface area (Å²) in [7, 11) is 0. The summed E-state index contributed by atoms with van der Waals surface area (Å²) in [6.45, 7) is 0. The van der Waals surface area contributed by atoms with Crippen LogP contribution in [-0.2, 0) is 9.59 Å². The zero-order valence-electron chi connectivity index (χ0n) is 13.0. The van der Waals surface area contributed by atoms with Crippen LogP contribution >= 0.6 is 23.5 Å². The van der Waals surface area contributed by atoms with Crippen molar-refractivity contribution in [3.63, 3.8) is 0 Å². The Bertz CT molecular complexity index is 708. The van der Waals surface area contributed by atoms with Crippen molar-refractivity contribution in [3.05, 3.63) is 54.3 Å². The quantitative estimate of drug-likeness (QED) is 0.733. The Balaban J connectivity index is 1.71. The fourth-order valence-electron chi connectivity index (χ4n) is 1.86. The van der Waals surface area contributed by atoms with E-state index in [9.17, 15) is 14.0 Å². The smallest absolute Gasteiger partial charge is 0.234 e. The molecule has 126 valence electrons. The molecule has 0 radical (unpaired) electrons.